The number of rotatable bonds is 4. The van der Waals surface area contributed by atoms with Gasteiger partial charge in [0.15, 0.2) is 0 Å². The largest absolute Gasteiger partial charge is 0.824 e. The molecule has 1 heterocycles. The van der Waals surface area contributed by atoms with E-state index in [1.807, 2.05) is 0 Å². The van der Waals surface area contributed by atoms with Gasteiger partial charge in [-0.25, -0.2) is 0 Å². The van der Waals surface area contributed by atoms with Crippen LogP contribution in [-0.2, 0) is 0 Å². The molecule has 6 heteroatoms. The molecule has 0 saturated heterocycles. The van der Waals surface area contributed by atoms with E-state index in [0.717, 1.165) is 9.58 Å². The Balaban J connectivity index is 1.88. The average molecular weight is 369 g/mol. The molecule has 0 fully saturated rings. The molecular weight excluding hydrogens is 354 g/mol. The molecule has 3 aromatic carbocycles. The molecule has 136 valence electrons. The normalized spacial score (nSPS) is 15.4. The first-order valence-corrected chi connectivity index (χ1v) is 8.64. The molecule has 3 aromatic rings. The van der Waals surface area contributed by atoms with Crippen molar-refractivity contribution < 1.29 is 19.4 Å². The molecule has 1 aliphatic heterocycles. The SMILES string of the molecule is O=C(/C(c1ccccc1)=[N+]1\N=C([O-])N(c2ccccc2)C1=O)c1ccccc1. The summed E-state index contributed by atoms with van der Waals surface area (Å²) in [6, 6.07) is 24.3. The lowest BCUT2D eigenvalue weighted by Crippen LogP contribution is -2.41. The molecule has 0 spiro atoms. The standard InChI is InChI=1S/C22H15N3O3/c26-20(17-12-6-2-7-13-17)19(16-10-4-1-5-11-16)25-22(28)24(21(27)23-25)18-14-8-3-9-15-18/h1-15H. The molecule has 0 radical (unpaired) electrons. The highest BCUT2D eigenvalue weighted by Gasteiger charge is 2.41. The Labute approximate surface area is 161 Å². The summed E-state index contributed by atoms with van der Waals surface area (Å²) in [4.78, 5) is 27.2. The lowest BCUT2D eigenvalue weighted by Gasteiger charge is -2.10. The molecule has 4 rings (SSSR count). The maximum Gasteiger partial charge on any atom is 0.530 e. The van der Waals surface area contributed by atoms with Crippen molar-refractivity contribution in [3.05, 3.63) is 102 Å². The van der Waals surface area contributed by atoms with Crippen molar-refractivity contribution in [3.8, 4) is 0 Å². The number of hydrogen-bond donors (Lipinski definition) is 0. The number of amides is 2. The fourth-order valence-electron chi connectivity index (χ4n) is 2.97. The quantitative estimate of drug-likeness (QED) is 0.524. The Morgan fingerprint density at radius 2 is 1.29 bits per heavy atom. The number of nitrogens with zero attached hydrogens (tertiary/aromatic N) is 3. The highest BCUT2D eigenvalue weighted by molar-refractivity contribution is 6.50. The van der Waals surface area contributed by atoms with Gasteiger partial charge in [-0.15, -0.1) is 4.90 Å². The fraction of sp³-hybridized carbons (Fsp3) is 0. The van der Waals surface area contributed by atoms with Crippen LogP contribution in [0.2, 0.25) is 0 Å². The number of Topliss-reactive ketones (excluding diaryl/α,β-unsaturated/α-hetero) is 1. The van der Waals surface area contributed by atoms with Crippen LogP contribution in [0.1, 0.15) is 15.9 Å². The van der Waals surface area contributed by atoms with Gasteiger partial charge < -0.3 is 5.11 Å². The molecule has 0 aromatic heterocycles. The predicted octanol–water partition coefficient (Wildman–Crippen LogP) is 2.64. The molecule has 0 atom stereocenters. The van der Waals surface area contributed by atoms with Gasteiger partial charge in [0.1, 0.15) is 5.69 Å². The zero-order valence-electron chi connectivity index (χ0n) is 14.7. The van der Waals surface area contributed by atoms with Crippen molar-refractivity contribution in [2.45, 2.75) is 0 Å². The van der Waals surface area contributed by atoms with Gasteiger partial charge in [-0.3, -0.25) is 4.79 Å². The van der Waals surface area contributed by atoms with Gasteiger partial charge >= 0.3 is 6.03 Å². The van der Waals surface area contributed by atoms with Crippen molar-refractivity contribution in [1.29, 1.82) is 0 Å². The third kappa shape index (κ3) is 3.07. The summed E-state index contributed by atoms with van der Waals surface area (Å²) in [5, 5.41) is 16.3. The molecule has 6 nitrogen and oxygen atoms in total. The second kappa shape index (κ2) is 7.28. The molecule has 1 aliphatic rings. The topological polar surface area (TPSA) is 75.8 Å². The average Bonchev–Trinajstić information content (AvgIpc) is 3.04. The molecule has 0 bridgehead atoms. The molecular formula is C22H15N3O3. The minimum absolute atomic E-state index is 0.0311. The number of carbonyl (C=O) groups is 2. The van der Waals surface area contributed by atoms with Crippen molar-refractivity contribution in [1.82, 2.24) is 0 Å². The van der Waals surface area contributed by atoms with Gasteiger partial charge in [-0.2, -0.15) is 4.79 Å². The Kier molecular flexibility index (Phi) is 4.51. The van der Waals surface area contributed by atoms with Crippen molar-refractivity contribution in [2.24, 2.45) is 5.10 Å². The van der Waals surface area contributed by atoms with E-state index in [1.54, 1.807) is 91.0 Å². The number of para-hydroxylation sites is 1. The Morgan fingerprint density at radius 1 is 0.786 bits per heavy atom. The van der Waals surface area contributed by atoms with Gasteiger partial charge in [0, 0.05) is 11.1 Å². The van der Waals surface area contributed by atoms with Crippen LogP contribution in [-0.4, -0.2) is 28.2 Å². The second-order valence-corrected chi connectivity index (χ2v) is 6.06. The van der Waals surface area contributed by atoms with Gasteiger partial charge in [-0.1, -0.05) is 83.5 Å². The number of amidine groups is 1. The Bertz CT molecular complexity index is 1090. The summed E-state index contributed by atoms with van der Waals surface area (Å²) in [7, 11) is 0. The van der Waals surface area contributed by atoms with E-state index >= 15 is 0 Å². The summed E-state index contributed by atoms with van der Waals surface area (Å²) in [6.07, 6.45) is 0. The van der Waals surface area contributed by atoms with Gasteiger partial charge in [0.05, 0.1) is 0 Å². The van der Waals surface area contributed by atoms with Crippen LogP contribution in [0.3, 0.4) is 0 Å². The lowest BCUT2D eigenvalue weighted by atomic mass is 10.0. The Morgan fingerprint density at radius 3 is 1.86 bits per heavy atom. The van der Waals surface area contributed by atoms with Crippen LogP contribution >= 0.6 is 0 Å². The number of carbonyl (C=O) groups excluding carboxylic acids is 2. The van der Waals surface area contributed by atoms with Crippen LogP contribution in [0.25, 0.3) is 0 Å². The molecule has 28 heavy (non-hydrogen) atoms. The zero-order chi connectivity index (χ0) is 19.5. The predicted molar refractivity (Wildman–Crippen MR) is 103 cm³/mol. The highest BCUT2D eigenvalue weighted by Crippen LogP contribution is 2.20. The molecule has 0 aliphatic carbocycles. The molecule has 2 amide bonds. The van der Waals surface area contributed by atoms with Crippen molar-refractivity contribution >= 4 is 29.2 Å². The fourth-order valence-corrected chi connectivity index (χ4v) is 2.97. The zero-order valence-corrected chi connectivity index (χ0v) is 14.7. The van der Waals surface area contributed by atoms with E-state index in [4.69, 9.17) is 0 Å². The van der Waals surface area contributed by atoms with Crippen molar-refractivity contribution in [2.75, 3.05) is 4.90 Å². The lowest BCUT2D eigenvalue weighted by molar-refractivity contribution is -0.426. The highest BCUT2D eigenvalue weighted by atomic mass is 16.3. The number of urea groups is 1. The van der Waals surface area contributed by atoms with Crippen LogP contribution in [0.5, 0.6) is 0 Å². The third-order valence-corrected chi connectivity index (χ3v) is 4.27. The molecule has 0 saturated carbocycles. The first-order valence-electron chi connectivity index (χ1n) is 8.64. The molecule has 0 N–H and O–H groups in total. The van der Waals surface area contributed by atoms with E-state index in [-0.39, 0.29) is 5.71 Å². The second-order valence-electron chi connectivity index (χ2n) is 6.06. The monoisotopic (exact) mass is 369 g/mol. The first kappa shape index (κ1) is 17.4. The van der Waals surface area contributed by atoms with Crippen LogP contribution in [0, 0.1) is 0 Å². The number of anilines is 1. The summed E-state index contributed by atoms with van der Waals surface area (Å²) in [5.41, 5.74) is 1.32. The first-order chi connectivity index (χ1) is 13.7. The maximum atomic E-state index is 13.2. The van der Waals surface area contributed by atoms with Crippen molar-refractivity contribution in [3.63, 3.8) is 0 Å². The number of ketones is 1. The third-order valence-electron chi connectivity index (χ3n) is 4.27. The summed E-state index contributed by atoms with van der Waals surface area (Å²) in [6.45, 7) is 0. The summed E-state index contributed by atoms with van der Waals surface area (Å²) in [5.74, 6) is -0.397. The number of hydrogen-bond acceptors (Lipinski definition) is 4. The van der Waals surface area contributed by atoms with Crippen LogP contribution in [0.15, 0.2) is 96.1 Å². The summed E-state index contributed by atoms with van der Waals surface area (Å²) < 4.78 is 0.889. The van der Waals surface area contributed by atoms with E-state index in [2.05, 4.69) is 5.10 Å². The minimum atomic E-state index is -0.745. The van der Waals surface area contributed by atoms with Crippen LogP contribution in [0.4, 0.5) is 10.5 Å². The Hall–Kier alpha value is -4.06. The van der Waals surface area contributed by atoms with E-state index in [1.165, 1.54) is 0 Å². The minimum Gasteiger partial charge on any atom is -0.824 e. The van der Waals surface area contributed by atoms with Gasteiger partial charge in [0.2, 0.25) is 17.5 Å². The van der Waals surface area contributed by atoms with E-state index < -0.39 is 17.8 Å². The maximum absolute atomic E-state index is 13.2. The smallest absolute Gasteiger partial charge is 0.530 e. The van der Waals surface area contributed by atoms with Gasteiger partial charge in [0.25, 0.3) is 0 Å². The number of benzene rings is 3. The van der Waals surface area contributed by atoms with E-state index in [9.17, 15) is 14.7 Å². The number of hydrazone groups is 1. The van der Waals surface area contributed by atoms with E-state index in [0.29, 0.717) is 16.8 Å². The summed E-state index contributed by atoms with van der Waals surface area (Å²) >= 11 is 0. The van der Waals surface area contributed by atoms with Gasteiger partial charge in [-0.05, 0) is 17.2 Å². The molecule has 0 unspecified atom stereocenters. The van der Waals surface area contributed by atoms with Crippen LogP contribution < -0.4 is 10.0 Å².